The van der Waals surface area contributed by atoms with Crippen molar-refractivity contribution in [1.29, 1.82) is 0 Å². The molecule has 0 N–H and O–H groups in total. The molecule has 0 saturated carbocycles. The van der Waals surface area contributed by atoms with Crippen LogP contribution < -0.4 is 0 Å². The lowest BCUT2D eigenvalue weighted by atomic mass is 9.99. The van der Waals surface area contributed by atoms with Crippen LogP contribution >= 0.6 is 0 Å². The number of hydrogen-bond donors (Lipinski definition) is 0. The second kappa shape index (κ2) is 13.7. The smallest absolute Gasteiger partial charge is 0.164 e. The van der Waals surface area contributed by atoms with Crippen molar-refractivity contribution in [2.75, 3.05) is 0 Å². The Balaban J connectivity index is 0.984. The zero-order valence-corrected chi connectivity index (χ0v) is 32.1. The zero-order valence-electron chi connectivity index (χ0n) is 32.1. The first-order valence-electron chi connectivity index (χ1n) is 20.0. The predicted molar refractivity (Wildman–Crippen MR) is 242 cm³/mol. The summed E-state index contributed by atoms with van der Waals surface area (Å²) < 4.78 is 12.7. The van der Waals surface area contributed by atoms with Crippen molar-refractivity contribution in [3.8, 4) is 67.7 Å². The summed E-state index contributed by atoms with van der Waals surface area (Å²) in [6.07, 6.45) is 0. The topological polar surface area (TPSA) is 77.8 Å². The quantitative estimate of drug-likeness (QED) is 0.168. The van der Waals surface area contributed by atoms with Gasteiger partial charge in [-0.1, -0.05) is 176 Å². The minimum absolute atomic E-state index is 0.578. The van der Waals surface area contributed by atoms with Gasteiger partial charge in [0.25, 0.3) is 0 Å². The molecule has 60 heavy (non-hydrogen) atoms. The van der Waals surface area contributed by atoms with Gasteiger partial charge in [-0.25, -0.2) is 19.9 Å². The molecular weight excluding hydrogens is 737 g/mol. The lowest BCUT2D eigenvalue weighted by molar-refractivity contribution is 0.670. The summed E-state index contributed by atoms with van der Waals surface area (Å²) in [7, 11) is 0. The average Bonchev–Trinajstić information content (AvgIpc) is 3.90. The maximum atomic E-state index is 6.38. The van der Waals surface area contributed by atoms with E-state index in [1.54, 1.807) is 0 Å². The number of furan rings is 2. The van der Waals surface area contributed by atoms with Gasteiger partial charge in [-0.3, -0.25) is 0 Å². The summed E-state index contributed by atoms with van der Waals surface area (Å²) in [6, 6.07) is 66.3. The number of hydrogen-bond acceptors (Lipinski definition) is 6. The molecule has 0 bridgehead atoms. The molecule has 8 aromatic carbocycles. The third kappa shape index (κ3) is 5.57. The molecule has 0 atom stereocenters. The van der Waals surface area contributed by atoms with Gasteiger partial charge in [-0.05, 0) is 34.9 Å². The number of nitrogens with zero attached hydrogens (tertiary/aromatic N) is 4. The largest absolute Gasteiger partial charge is 0.455 e. The minimum atomic E-state index is 0.578. The molecule has 0 fully saturated rings. The highest BCUT2D eigenvalue weighted by Gasteiger charge is 2.19. The number of para-hydroxylation sites is 3. The molecule has 12 aromatic rings. The van der Waals surface area contributed by atoms with Crippen LogP contribution in [0, 0.1) is 0 Å². The average molecular weight is 769 g/mol. The maximum absolute atomic E-state index is 6.38. The molecule has 0 aliphatic heterocycles. The van der Waals surface area contributed by atoms with Gasteiger partial charge in [0.15, 0.2) is 23.1 Å². The van der Waals surface area contributed by atoms with Crippen LogP contribution in [-0.4, -0.2) is 19.9 Å². The van der Waals surface area contributed by atoms with Gasteiger partial charge in [-0.15, -0.1) is 0 Å². The Morgan fingerprint density at radius 1 is 0.267 bits per heavy atom. The Hall–Kier alpha value is -8.22. The van der Waals surface area contributed by atoms with Crippen molar-refractivity contribution in [1.82, 2.24) is 19.9 Å². The monoisotopic (exact) mass is 768 g/mol. The van der Waals surface area contributed by atoms with Gasteiger partial charge in [0.1, 0.15) is 22.3 Å². The fourth-order valence-corrected chi connectivity index (χ4v) is 8.46. The second-order valence-corrected chi connectivity index (χ2v) is 14.9. The van der Waals surface area contributed by atoms with Crippen molar-refractivity contribution in [2.24, 2.45) is 0 Å². The predicted octanol–water partition coefficient (Wildman–Crippen LogP) is 14.2. The summed E-state index contributed by atoms with van der Waals surface area (Å²) in [4.78, 5) is 20.7. The zero-order chi connectivity index (χ0) is 39.6. The van der Waals surface area contributed by atoms with Crippen molar-refractivity contribution < 1.29 is 8.83 Å². The van der Waals surface area contributed by atoms with E-state index in [2.05, 4.69) is 133 Å². The van der Waals surface area contributed by atoms with Gasteiger partial charge in [0.05, 0.1) is 5.69 Å². The molecule has 0 saturated heterocycles. The third-order valence-electron chi connectivity index (χ3n) is 11.4. The van der Waals surface area contributed by atoms with Gasteiger partial charge in [0, 0.05) is 54.7 Å². The highest BCUT2D eigenvalue weighted by Crippen LogP contribution is 2.39. The van der Waals surface area contributed by atoms with Crippen molar-refractivity contribution >= 4 is 54.8 Å². The molecule has 0 spiro atoms. The van der Waals surface area contributed by atoms with E-state index in [-0.39, 0.29) is 0 Å². The van der Waals surface area contributed by atoms with E-state index in [4.69, 9.17) is 28.8 Å². The first-order chi connectivity index (χ1) is 29.7. The SMILES string of the molecule is c1ccc(-c2ccccc2-c2nc(-c3ccc(-c4nc5c6ccccc6oc5c5ccccc45)cc3)nc(-c3ccc(-c4cccc5c4oc4ccccc45)cc3)n2)cc1. The Morgan fingerprint density at radius 2 is 0.733 bits per heavy atom. The summed E-state index contributed by atoms with van der Waals surface area (Å²) >= 11 is 0. The molecule has 0 aliphatic rings. The third-order valence-corrected chi connectivity index (χ3v) is 11.4. The molecular formula is C54H32N4O2. The summed E-state index contributed by atoms with van der Waals surface area (Å²) in [5.74, 6) is 1.76. The molecule has 4 aromatic heterocycles. The van der Waals surface area contributed by atoms with Crippen molar-refractivity contribution in [3.63, 3.8) is 0 Å². The molecule has 0 amide bonds. The number of aromatic nitrogens is 4. The number of benzene rings is 8. The molecule has 12 rings (SSSR count). The highest BCUT2D eigenvalue weighted by atomic mass is 16.3. The summed E-state index contributed by atoms with van der Waals surface area (Å²) in [5.41, 5.74) is 13.0. The van der Waals surface area contributed by atoms with E-state index in [1.165, 1.54) is 0 Å². The number of fused-ring (bicyclic) bond motifs is 8. The van der Waals surface area contributed by atoms with Crippen LogP contribution in [0.25, 0.3) is 122 Å². The van der Waals surface area contributed by atoms with E-state index in [1.807, 2.05) is 60.7 Å². The maximum Gasteiger partial charge on any atom is 0.164 e. The lowest BCUT2D eigenvalue weighted by Crippen LogP contribution is -2.01. The Bertz CT molecular complexity index is 3590. The molecule has 6 nitrogen and oxygen atoms in total. The number of rotatable bonds is 6. The molecule has 0 unspecified atom stereocenters. The van der Waals surface area contributed by atoms with Crippen molar-refractivity contribution in [2.45, 2.75) is 0 Å². The van der Waals surface area contributed by atoms with Gasteiger partial charge in [-0.2, -0.15) is 0 Å². The first kappa shape index (κ1) is 33.9. The Morgan fingerprint density at radius 3 is 1.47 bits per heavy atom. The summed E-state index contributed by atoms with van der Waals surface area (Å²) in [5, 5.41) is 5.26. The van der Waals surface area contributed by atoms with E-state index in [9.17, 15) is 0 Å². The molecule has 4 heterocycles. The van der Waals surface area contributed by atoms with Gasteiger partial charge >= 0.3 is 0 Å². The number of pyridine rings is 1. The molecule has 280 valence electrons. The second-order valence-electron chi connectivity index (χ2n) is 14.9. The van der Waals surface area contributed by atoms with Crippen LogP contribution in [-0.2, 0) is 0 Å². The normalized spacial score (nSPS) is 11.7. The summed E-state index contributed by atoms with van der Waals surface area (Å²) in [6.45, 7) is 0. The van der Waals surface area contributed by atoms with Crippen LogP contribution in [0.1, 0.15) is 0 Å². The van der Waals surface area contributed by atoms with Crippen LogP contribution in [0.4, 0.5) is 0 Å². The van der Waals surface area contributed by atoms with Crippen LogP contribution in [0.5, 0.6) is 0 Å². The van der Waals surface area contributed by atoms with Crippen LogP contribution in [0.2, 0.25) is 0 Å². The minimum Gasteiger partial charge on any atom is -0.455 e. The highest BCUT2D eigenvalue weighted by molar-refractivity contribution is 6.16. The fraction of sp³-hybridized carbons (Fsp3) is 0. The molecule has 6 heteroatoms. The first-order valence-corrected chi connectivity index (χ1v) is 20.0. The molecule has 0 radical (unpaired) electrons. The van der Waals surface area contributed by atoms with Crippen LogP contribution in [0.15, 0.2) is 203 Å². The lowest BCUT2D eigenvalue weighted by Gasteiger charge is -2.13. The van der Waals surface area contributed by atoms with Crippen LogP contribution in [0.3, 0.4) is 0 Å². The Kier molecular flexibility index (Phi) is 7.74. The van der Waals surface area contributed by atoms with E-state index < -0.39 is 0 Å². The van der Waals surface area contributed by atoms with E-state index in [0.29, 0.717) is 17.5 Å². The van der Waals surface area contributed by atoms with Gasteiger partial charge < -0.3 is 8.83 Å². The van der Waals surface area contributed by atoms with Crippen molar-refractivity contribution in [3.05, 3.63) is 194 Å². The Labute approximate surface area is 344 Å². The van der Waals surface area contributed by atoms with E-state index in [0.717, 1.165) is 105 Å². The standard InChI is InChI=1S/C54H32N4O2/c1-2-13-33(14-3-1)38-15-4-7-19-44(38)54-57-52(36-29-25-34(26-30-36)39-21-12-22-42-40-16-8-10-23-46(40)59-50(39)42)56-53(58-54)37-31-27-35(28-32-37)48-41-17-5-6-18-43(41)51-49(55-48)45-20-9-11-24-47(45)60-51/h1-32H. The van der Waals surface area contributed by atoms with Gasteiger partial charge in [0.2, 0.25) is 0 Å². The molecule has 0 aliphatic carbocycles. The van der Waals surface area contributed by atoms with E-state index >= 15 is 0 Å². The fourth-order valence-electron chi connectivity index (χ4n) is 8.46.